The average molecular weight is 254 g/mol. The van der Waals surface area contributed by atoms with E-state index < -0.39 is 11.6 Å². The van der Waals surface area contributed by atoms with Crippen LogP contribution < -0.4 is 5.32 Å². The number of ether oxygens (including phenoxy) is 1. The predicted octanol–water partition coefficient (Wildman–Crippen LogP) is 0.539. The van der Waals surface area contributed by atoms with Crippen molar-refractivity contribution in [2.24, 2.45) is 5.92 Å². The van der Waals surface area contributed by atoms with Gasteiger partial charge in [-0.2, -0.15) is 0 Å². The summed E-state index contributed by atoms with van der Waals surface area (Å²) in [5.41, 5.74) is -0.716. The molecule has 2 amide bonds. The first-order chi connectivity index (χ1) is 8.49. The van der Waals surface area contributed by atoms with Gasteiger partial charge >= 0.3 is 0 Å². The van der Waals surface area contributed by atoms with E-state index in [2.05, 4.69) is 5.32 Å². The van der Waals surface area contributed by atoms with Crippen LogP contribution in [0.15, 0.2) is 0 Å². The molecule has 3 unspecified atom stereocenters. The van der Waals surface area contributed by atoms with Crippen molar-refractivity contribution in [2.75, 3.05) is 19.8 Å². The largest absolute Gasteiger partial charge is 0.381 e. The van der Waals surface area contributed by atoms with E-state index in [-0.39, 0.29) is 11.8 Å². The van der Waals surface area contributed by atoms with Crippen LogP contribution in [0.25, 0.3) is 0 Å². The molecule has 102 valence electrons. The lowest BCUT2D eigenvalue weighted by atomic mass is 9.89. The number of carbonyl (C=O) groups is 2. The standard InChI is InChI=1S/C13H22N2O3/c1-4-13(3)12(17)14-9(2)11(16)15(13)7-10-5-6-18-8-10/h9-10H,4-8H2,1-3H3,(H,14,17). The Kier molecular flexibility index (Phi) is 3.61. The van der Waals surface area contributed by atoms with Gasteiger partial charge in [-0.25, -0.2) is 0 Å². The number of rotatable bonds is 3. The Morgan fingerprint density at radius 1 is 1.50 bits per heavy atom. The Bertz CT molecular complexity index is 352. The van der Waals surface area contributed by atoms with Crippen molar-refractivity contribution in [1.82, 2.24) is 10.2 Å². The lowest BCUT2D eigenvalue weighted by Gasteiger charge is -2.46. The Morgan fingerprint density at radius 2 is 2.22 bits per heavy atom. The van der Waals surface area contributed by atoms with Gasteiger partial charge in [0.25, 0.3) is 0 Å². The Hall–Kier alpha value is -1.10. The molecule has 3 atom stereocenters. The first kappa shape index (κ1) is 13.3. The maximum atomic E-state index is 12.3. The number of carbonyl (C=O) groups excluding carboxylic acids is 2. The average Bonchev–Trinajstić information content (AvgIpc) is 2.85. The summed E-state index contributed by atoms with van der Waals surface area (Å²) in [6.07, 6.45) is 1.60. The smallest absolute Gasteiger partial charge is 0.246 e. The summed E-state index contributed by atoms with van der Waals surface area (Å²) >= 11 is 0. The number of hydrogen-bond acceptors (Lipinski definition) is 3. The molecule has 2 aliphatic rings. The minimum atomic E-state index is -0.716. The van der Waals surface area contributed by atoms with Crippen molar-refractivity contribution < 1.29 is 14.3 Å². The van der Waals surface area contributed by atoms with Gasteiger partial charge in [0.2, 0.25) is 11.8 Å². The summed E-state index contributed by atoms with van der Waals surface area (Å²) in [5, 5.41) is 2.76. The molecule has 0 aromatic rings. The fourth-order valence-electron chi connectivity index (χ4n) is 2.64. The molecule has 18 heavy (non-hydrogen) atoms. The van der Waals surface area contributed by atoms with Crippen LogP contribution in [0, 0.1) is 5.92 Å². The number of piperazine rings is 1. The van der Waals surface area contributed by atoms with Crippen molar-refractivity contribution in [3.05, 3.63) is 0 Å². The van der Waals surface area contributed by atoms with Gasteiger partial charge in [-0.1, -0.05) is 6.92 Å². The molecule has 0 saturated carbocycles. The van der Waals surface area contributed by atoms with Crippen molar-refractivity contribution >= 4 is 11.8 Å². The zero-order chi connectivity index (χ0) is 13.3. The van der Waals surface area contributed by atoms with Crippen molar-refractivity contribution in [1.29, 1.82) is 0 Å². The summed E-state index contributed by atoms with van der Waals surface area (Å²) in [6, 6.07) is -0.417. The first-order valence-corrected chi connectivity index (χ1v) is 6.69. The van der Waals surface area contributed by atoms with E-state index in [1.807, 2.05) is 13.8 Å². The van der Waals surface area contributed by atoms with Gasteiger partial charge in [-0.3, -0.25) is 9.59 Å². The van der Waals surface area contributed by atoms with Crippen LogP contribution in [0.2, 0.25) is 0 Å². The third kappa shape index (κ3) is 2.11. The SMILES string of the molecule is CCC1(C)C(=O)NC(C)C(=O)N1CC1CCOC1. The third-order valence-corrected chi connectivity index (χ3v) is 4.22. The molecular formula is C13H22N2O3. The third-order valence-electron chi connectivity index (χ3n) is 4.22. The summed E-state index contributed by atoms with van der Waals surface area (Å²) in [5.74, 6) is 0.333. The summed E-state index contributed by atoms with van der Waals surface area (Å²) in [7, 11) is 0. The van der Waals surface area contributed by atoms with Crippen LogP contribution in [0.4, 0.5) is 0 Å². The van der Waals surface area contributed by atoms with E-state index >= 15 is 0 Å². The second-order valence-electron chi connectivity index (χ2n) is 5.50. The monoisotopic (exact) mass is 254 g/mol. The molecule has 2 heterocycles. The molecule has 5 nitrogen and oxygen atoms in total. The molecule has 0 aliphatic carbocycles. The molecule has 0 radical (unpaired) electrons. The van der Waals surface area contributed by atoms with Gasteiger partial charge in [0.05, 0.1) is 6.61 Å². The molecule has 0 aromatic carbocycles. The van der Waals surface area contributed by atoms with Gasteiger partial charge in [-0.05, 0) is 26.7 Å². The van der Waals surface area contributed by atoms with Crippen LogP contribution >= 0.6 is 0 Å². The molecule has 0 spiro atoms. The fourth-order valence-corrected chi connectivity index (χ4v) is 2.64. The number of amides is 2. The molecule has 2 saturated heterocycles. The Balaban J connectivity index is 2.19. The highest BCUT2D eigenvalue weighted by atomic mass is 16.5. The van der Waals surface area contributed by atoms with Gasteiger partial charge in [-0.15, -0.1) is 0 Å². The summed E-state index contributed by atoms with van der Waals surface area (Å²) in [4.78, 5) is 26.2. The topological polar surface area (TPSA) is 58.6 Å². The van der Waals surface area contributed by atoms with Gasteiger partial charge in [0, 0.05) is 19.1 Å². The van der Waals surface area contributed by atoms with E-state index in [0.717, 1.165) is 13.0 Å². The zero-order valence-corrected chi connectivity index (χ0v) is 11.4. The van der Waals surface area contributed by atoms with Gasteiger partial charge < -0.3 is 15.0 Å². The van der Waals surface area contributed by atoms with Crippen LogP contribution in [-0.4, -0.2) is 48.1 Å². The summed E-state index contributed by atoms with van der Waals surface area (Å²) in [6.45, 7) is 7.62. The highest BCUT2D eigenvalue weighted by Crippen LogP contribution is 2.27. The lowest BCUT2D eigenvalue weighted by Crippen LogP contribution is -2.69. The molecule has 2 aliphatic heterocycles. The quantitative estimate of drug-likeness (QED) is 0.799. The number of nitrogens with zero attached hydrogens (tertiary/aromatic N) is 1. The fraction of sp³-hybridized carbons (Fsp3) is 0.846. The Labute approximate surface area is 108 Å². The maximum Gasteiger partial charge on any atom is 0.246 e. The molecule has 1 N–H and O–H groups in total. The first-order valence-electron chi connectivity index (χ1n) is 6.69. The van der Waals surface area contributed by atoms with Crippen LogP contribution in [0.1, 0.15) is 33.6 Å². The molecule has 0 bridgehead atoms. The van der Waals surface area contributed by atoms with Crippen LogP contribution in [0.5, 0.6) is 0 Å². The highest BCUT2D eigenvalue weighted by Gasteiger charge is 2.47. The normalized spacial score (nSPS) is 36.9. The molecule has 2 rings (SSSR count). The Morgan fingerprint density at radius 3 is 2.78 bits per heavy atom. The zero-order valence-electron chi connectivity index (χ0n) is 11.4. The van der Waals surface area contributed by atoms with Crippen LogP contribution in [0.3, 0.4) is 0 Å². The second-order valence-corrected chi connectivity index (χ2v) is 5.50. The van der Waals surface area contributed by atoms with E-state index in [1.54, 1.807) is 11.8 Å². The van der Waals surface area contributed by atoms with Gasteiger partial charge in [0.1, 0.15) is 11.6 Å². The maximum absolute atomic E-state index is 12.3. The second kappa shape index (κ2) is 4.88. The van der Waals surface area contributed by atoms with E-state index in [9.17, 15) is 9.59 Å². The molecular weight excluding hydrogens is 232 g/mol. The molecule has 5 heteroatoms. The van der Waals surface area contributed by atoms with E-state index in [0.29, 0.717) is 25.5 Å². The minimum absolute atomic E-state index is 0.0193. The van der Waals surface area contributed by atoms with Gasteiger partial charge in [0.15, 0.2) is 0 Å². The van der Waals surface area contributed by atoms with E-state index in [4.69, 9.17) is 4.74 Å². The summed E-state index contributed by atoms with van der Waals surface area (Å²) < 4.78 is 5.35. The van der Waals surface area contributed by atoms with Crippen molar-refractivity contribution in [3.8, 4) is 0 Å². The van der Waals surface area contributed by atoms with E-state index in [1.165, 1.54) is 0 Å². The van der Waals surface area contributed by atoms with Crippen molar-refractivity contribution in [3.63, 3.8) is 0 Å². The number of nitrogens with one attached hydrogen (secondary N) is 1. The van der Waals surface area contributed by atoms with Crippen LogP contribution in [-0.2, 0) is 14.3 Å². The highest BCUT2D eigenvalue weighted by molar-refractivity contribution is 5.99. The molecule has 0 aromatic heterocycles. The lowest BCUT2D eigenvalue weighted by molar-refractivity contribution is -0.157. The molecule has 2 fully saturated rings. The number of hydrogen-bond donors (Lipinski definition) is 1. The predicted molar refractivity (Wildman–Crippen MR) is 66.9 cm³/mol. The minimum Gasteiger partial charge on any atom is -0.381 e. The van der Waals surface area contributed by atoms with Crippen molar-refractivity contribution in [2.45, 2.75) is 45.2 Å².